The van der Waals surface area contributed by atoms with Crippen molar-refractivity contribution in [1.29, 1.82) is 0 Å². The highest BCUT2D eigenvalue weighted by molar-refractivity contribution is 5.88. The molecule has 1 atom stereocenters. The van der Waals surface area contributed by atoms with Gasteiger partial charge in [0.2, 0.25) is 5.91 Å². The lowest BCUT2D eigenvalue weighted by Crippen LogP contribution is -2.68. The average Bonchev–Trinajstić information content (AvgIpc) is 3.06. The van der Waals surface area contributed by atoms with Crippen molar-refractivity contribution < 1.29 is 24.2 Å². The van der Waals surface area contributed by atoms with Crippen molar-refractivity contribution >= 4 is 18.0 Å². The summed E-state index contributed by atoms with van der Waals surface area (Å²) >= 11 is 0. The van der Waals surface area contributed by atoms with Gasteiger partial charge in [-0.05, 0) is 60.3 Å². The van der Waals surface area contributed by atoms with E-state index >= 15 is 0 Å². The van der Waals surface area contributed by atoms with Gasteiger partial charge in [0.15, 0.2) is 0 Å². The summed E-state index contributed by atoms with van der Waals surface area (Å²) in [6, 6.07) is 15.8. The first-order valence-corrected chi connectivity index (χ1v) is 12.0. The lowest BCUT2D eigenvalue weighted by molar-refractivity contribution is -0.165. The molecule has 1 spiro atoms. The summed E-state index contributed by atoms with van der Waals surface area (Å²) in [5.74, 6) is -1.39. The molecule has 0 radical (unpaired) electrons. The number of benzene rings is 2. The lowest BCUT2D eigenvalue weighted by Gasteiger charge is -2.59. The maximum atomic E-state index is 12.5. The molecule has 3 aliphatic rings. The third-order valence-corrected chi connectivity index (χ3v) is 7.76. The molecule has 2 aromatic carbocycles. The van der Waals surface area contributed by atoms with Crippen LogP contribution in [0.15, 0.2) is 48.5 Å². The van der Waals surface area contributed by atoms with Gasteiger partial charge in [0.05, 0.1) is 0 Å². The van der Waals surface area contributed by atoms with E-state index in [1.165, 1.54) is 0 Å². The summed E-state index contributed by atoms with van der Waals surface area (Å²) in [7, 11) is 0. The van der Waals surface area contributed by atoms with Crippen LogP contribution in [0, 0.1) is 5.41 Å². The van der Waals surface area contributed by atoms with E-state index in [-0.39, 0.29) is 30.3 Å². The summed E-state index contributed by atoms with van der Waals surface area (Å²) in [5, 5.41) is 15.1. The summed E-state index contributed by atoms with van der Waals surface area (Å²) in [6.07, 6.45) is 3.60. The SMILES string of the molecule is C[C@H](CC(=O)NC1(C(=O)O)CC2(CCC2)C1)NC(=O)OCC1c2ccccc2-c2ccccc21. The maximum absolute atomic E-state index is 12.5. The van der Waals surface area contributed by atoms with Crippen molar-refractivity contribution in [2.24, 2.45) is 5.41 Å². The Balaban J connectivity index is 1.13. The van der Waals surface area contributed by atoms with E-state index < -0.39 is 23.6 Å². The Morgan fingerprint density at radius 2 is 1.62 bits per heavy atom. The molecular weight excluding hydrogens is 432 g/mol. The first-order chi connectivity index (χ1) is 16.3. The summed E-state index contributed by atoms with van der Waals surface area (Å²) in [6.45, 7) is 1.91. The smallest absolute Gasteiger partial charge is 0.407 e. The number of alkyl carbamates (subject to hydrolysis) is 1. The monoisotopic (exact) mass is 462 g/mol. The Morgan fingerprint density at radius 1 is 1.03 bits per heavy atom. The topological polar surface area (TPSA) is 105 Å². The van der Waals surface area contributed by atoms with Crippen molar-refractivity contribution in [3.05, 3.63) is 59.7 Å². The fraction of sp³-hybridized carbons (Fsp3) is 0.444. The van der Waals surface area contributed by atoms with E-state index in [0.717, 1.165) is 41.5 Å². The van der Waals surface area contributed by atoms with E-state index in [1.807, 2.05) is 24.3 Å². The van der Waals surface area contributed by atoms with Crippen molar-refractivity contribution in [1.82, 2.24) is 10.6 Å². The van der Waals surface area contributed by atoms with E-state index in [1.54, 1.807) is 6.92 Å². The number of aliphatic carboxylic acids is 1. The first-order valence-electron chi connectivity index (χ1n) is 12.0. The zero-order valence-electron chi connectivity index (χ0n) is 19.3. The average molecular weight is 463 g/mol. The predicted molar refractivity (Wildman–Crippen MR) is 126 cm³/mol. The zero-order valence-corrected chi connectivity index (χ0v) is 19.3. The van der Waals surface area contributed by atoms with Crippen molar-refractivity contribution in [3.8, 4) is 11.1 Å². The number of carboxylic acid groups (broad SMARTS) is 1. The molecule has 7 nitrogen and oxygen atoms in total. The minimum absolute atomic E-state index is 0.00771. The number of hydrogen-bond acceptors (Lipinski definition) is 4. The molecule has 0 saturated heterocycles. The number of carbonyl (C=O) groups excluding carboxylic acids is 2. The standard InChI is InChI=1S/C27H30N2O5/c1-17(13-23(30)29-27(24(31)32)15-26(16-27)11-6-12-26)28-25(33)34-14-22-20-9-4-2-7-18(20)19-8-3-5-10-21(19)22/h2-5,7-10,17,22H,6,11-16H2,1H3,(H,28,33)(H,29,30)(H,31,32)/t17-/m1/s1. The van der Waals surface area contributed by atoms with E-state index in [0.29, 0.717) is 12.8 Å². The van der Waals surface area contributed by atoms with Crippen LogP contribution in [0.5, 0.6) is 0 Å². The number of ether oxygens (including phenoxy) is 1. The number of rotatable bonds is 7. The van der Waals surface area contributed by atoms with Crippen LogP contribution in [-0.2, 0) is 14.3 Å². The minimum Gasteiger partial charge on any atom is -0.480 e. The van der Waals surface area contributed by atoms with Crippen molar-refractivity contribution in [3.63, 3.8) is 0 Å². The van der Waals surface area contributed by atoms with Crippen LogP contribution in [0.2, 0.25) is 0 Å². The van der Waals surface area contributed by atoms with Gasteiger partial charge in [0.1, 0.15) is 12.1 Å². The van der Waals surface area contributed by atoms with Crippen LogP contribution in [0.1, 0.15) is 62.5 Å². The highest BCUT2D eigenvalue weighted by Crippen LogP contribution is 2.60. The van der Waals surface area contributed by atoms with Gasteiger partial charge in [-0.2, -0.15) is 0 Å². The Bertz CT molecular complexity index is 1090. The highest BCUT2D eigenvalue weighted by Gasteiger charge is 2.61. The molecule has 2 aromatic rings. The van der Waals surface area contributed by atoms with Crippen molar-refractivity contribution in [2.75, 3.05) is 6.61 Å². The van der Waals surface area contributed by atoms with Crippen LogP contribution >= 0.6 is 0 Å². The largest absolute Gasteiger partial charge is 0.480 e. The number of nitrogens with one attached hydrogen (secondary N) is 2. The van der Waals surface area contributed by atoms with Crippen LogP contribution in [0.4, 0.5) is 4.79 Å². The maximum Gasteiger partial charge on any atom is 0.407 e. The first kappa shape index (κ1) is 22.4. The predicted octanol–water partition coefficient (Wildman–Crippen LogP) is 4.21. The van der Waals surface area contributed by atoms with E-state index in [9.17, 15) is 19.5 Å². The molecule has 2 amide bonds. The summed E-state index contributed by atoms with van der Waals surface area (Å²) in [4.78, 5) is 36.8. The third kappa shape index (κ3) is 3.93. The van der Waals surface area contributed by atoms with Gasteiger partial charge in [0.25, 0.3) is 0 Å². The van der Waals surface area contributed by atoms with Crippen LogP contribution in [0.25, 0.3) is 11.1 Å². The molecule has 3 N–H and O–H groups in total. The van der Waals surface area contributed by atoms with Gasteiger partial charge in [0, 0.05) is 18.4 Å². The van der Waals surface area contributed by atoms with Crippen LogP contribution < -0.4 is 10.6 Å². The molecule has 34 heavy (non-hydrogen) atoms. The minimum atomic E-state index is -1.17. The number of carbonyl (C=O) groups is 3. The van der Waals surface area contributed by atoms with Gasteiger partial charge in [-0.3, -0.25) is 4.79 Å². The molecule has 0 heterocycles. The molecule has 178 valence electrons. The molecule has 0 unspecified atom stereocenters. The van der Waals surface area contributed by atoms with Crippen LogP contribution in [0.3, 0.4) is 0 Å². The zero-order chi connectivity index (χ0) is 23.9. The van der Waals surface area contributed by atoms with Gasteiger partial charge in [-0.15, -0.1) is 0 Å². The van der Waals surface area contributed by atoms with Gasteiger partial charge < -0.3 is 20.5 Å². The molecule has 2 saturated carbocycles. The van der Waals surface area contributed by atoms with Crippen LogP contribution in [-0.4, -0.2) is 41.3 Å². The fourth-order valence-electron chi connectivity index (χ4n) is 6.04. The molecule has 5 rings (SSSR count). The highest BCUT2D eigenvalue weighted by atomic mass is 16.5. The second-order valence-electron chi connectivity index (χ2n) is 10.2. The molecular formula is C27H30N2O5. The van der Waals surface area contributed by atoms with E-state index in [4.69, 9.17) is 4.74 Å². The summed E-state index contributed by atoms with van der Waals surface area (Å²) < 4.78 is 5.54. The Kier molecular flexibility index (Phi) is 5.58. The van der Waals surface area contributed by atoms with Gasteiger partial charge >= 0.3 is 12.1 Å². The summed E-state index contributed by atoms with van der Waals surface area (Å²) in [5.41, 5.74) is 3.52. The lowest BCUT2D eigenvalue weighted by atomic mass is 9.48. The van der Waals surface area contributed by atoms with E-state index in [2.05, 4.69) is 34.9 Å². The molecule has 3 aliphatic carbocycles. The Morgan fingerprint density at radius 3 is 2.15 bits per heavy atom. The third-order valence-electron chi connectivity index (χ3n) is 7.76. The number of amides is 2. The second kappa shape index (κ2) is 8.46. The molecule has 2 fully saturated rings. The molecule has 0 bridgehead atoms. The molecule has 0 aromatic heterocycles. The van der Waals surface area contributed by atoms with Gasteiger partial charge in [-0.25, -0.2) is 9.59 Å². The number of carboxylic acids is 1. The van der Waals surface area contributed by atoms with Gasteiger partial charge in [-0.1, -0.05) is 55.0 Å². The molecule has 7 heteroatoms. The number of hydrogen-bond donors (Lipinski definition) is 3. The normalized spacial score (nSPS) is 19.7. The Hall–Kier alpha value is -3.35. The molecule has 0 aliphatic heterocycles. The Labute approximate surface area is 198 Å². The second-order valence-corrected chi connectivity index (χ2v) is 10.2. The fourth-order valence-corrected chi connectivity index (χ4v) is 6.04. The van der Waals surface area contributed by atoms with Crippen molar-refractivity contribution in [2.45, 2.75) is 62.9 Å². The number of fused-ring (bicyclic) bond motifs is 3. The quantitative estimate of drug-likeness (QED) is 0.572.